The Balaban J connectivity index is 1.79. The third kappa shape index (κ3) is 7.06. The molecule has 28 heavy (non-hydrogen) atoms. The Hall–Kier alpha value is -2.24. The number of hydrogen-bond donors (Lipinski definition) is 1. The average molecular weight is 390 g/mol. The van der Waals surface area contributed by atoms with Gasteiger partial charge in [-0.3, -0.25) is 4.79 Å². The van der Waals surface area contributed by atoms with Crippen LogP contribution in [0.15, 0.2) is 24.3 Å². The van der Waals surface area contributed by atoms with Gasteiger partial charge in [-0.25, -0.2) is 4.79 Å². The zero-order valence-corrected chi connectivity index (χ0v) is 18.0. The second kappa shape index (κ2) is 9.80. The lowest BCUT2D eigenvalue weighted by Gasteiger charge is -2.33. The molecule has 0 radical (unpaired) electrons. The van der Waals surface area contributed by atoms with Gasteiger partial charge < -0.3 is 19.9 Å². The number of carbonyl (C=O) groups excluding carboxylic acids is 2. The summed E-state index contributed by atoms with van der Waals surface area (Å²) in [6.45, 7) is 5.81. The Morgan fingerprint density at radius 1 is 1.07 bits per heavy atom. The van der Waals surface area contributed by atoms with Crippen LogP contribution < -0.4 is 10.2 Å². The van der Waals surface area contributed by atoms with E-state index in [9.17, 15) is 9.59 Å². The summed E-state index contributed by atoms with van der Waals surface area (Å²) in [4.78, 5) is 27.7. The second-order valence-corrected chi connectivity index (χ2v) is 8.68. The van der Waals surface area contributed by atoms with Crippen LogP contribution in [0.3, 0.4) is 0 Å². The molecule has 0 saturated heterocycles. The fraction of sp³-hybridized carbons (Fsp3) is 0.636. The van der Waals surface area contributed by atoms with Gasteiger partial charge in [-0.1, -0.05) is 31.4 Å². The minimum absolute atomic E-state index is 0.0303. The number of carbonyl (C=O) groups is 2. The summed E-state index contributed by atoms with van der Waals surface area (Å²) >= 11 is 0. The first kappa shape index (κ1) is 22.1. The fourth-order valence-corrected chi connectivity index (χ4v) is 3.40. The zero-order chi connectivity index (χ0) is 20.7. The number of nitrogens with zero attached hydrogens (tertiary/aromatic N) is 2. The third-order valence-corrected chi connectivity index (χ3v) is 5.04. The molecule has 0 bridgehead atoms. The number of anilines is 1. The van der Waals surface area contributed by atoms with E-state index >= 15 is 0 Å². The normalized spacial score (nSPS) is 15.0. The Bertz CT molecular complexity index is 646. The van der Waals surface area contributed by atoms with E-state index in [2.05, 4.69) is 29.4 Å². The molecule has 0 heterocycles. The van der Waals surface area contributed by atoms with Gasteiger partial charge in [0.2, 0.25) is 5.91 Å². The number of likely N-dealkylation sites (N-methyl/N-ethyl adjacent to an activating group) is 1. The summed E-state index contributed by atoms with van der Waals surface area (Å²) in [5.74, 6) is -0.211. The van der Waals surface area contributed by atoms with E-state index in [4.69, 9.17) is 4.74 Å². The fourth-order valence-electron chi connectivity index (χ4n) is 3.40. The van der Waals surface area contributed by atoms with Gasteiger partial charge in [-0.15, -0.1) is 0 Å². The van der Waals surface area contributed by atoms with Crippen molar-refractivity contribution in [2.45, 2.75) is 71.1 Å². The lowest BCUT2D eigenvalue weighted by Crippen LogP contribution is -2.40. The summed E-state index contributed by atoms with van der Waals surface area (Å²) < 4.78 is 5.25. The highest BCUT2D eigenvalue weighted by Crippen LogP contribution is 2.26. The Labute approximate surface area is 169 Å². The first-order chi connectivity index (χ1) is 13.2. The highest BCUT2D eigenvalue weighted by molar-refractivity contribution is 5.82. The molecule has 1 aromatic carbocycles. The Morgan fingerprint density at radius 2 is 1.68 bits per heavy atom. The number of benzene rings is 1. The van der Waals surface area contributed by atoms with E-state index in [0.717, 1.165) is 5.56 Å². The van der Waals surface area contributed by atoms with Crippen molar-refractivity contribution in [2.75, 3.05) is 25.5 Å². The number of hydrogen-bond acceptors (Lipinski definition) is 4. The summed E-state index contributed by atoms with van der Waals surface area (Å²) in [5, 5.41) is 2.86. The van der Waals surface area contributed by atoms with Crippen molar-refractivity contribution in [1.82, 2.24) is 10.2 Å². The first-order valence-electron chi connectivity index (χ1n) is 10.2. The summed E-state index contributed by atoms with van der Waals surface area (Å²) in [5.41, 5.74) is 1.68. The van der Waals surface area contributed by atoms with Crippen molar-refractivity contribution >= 4 is 17.7 Å². The van der Waals surface area contributed by atoms with Gasteiger partial charge >= 0.3 is 6.09 Å². The average Bonchev–Trinajstić information content (AvgIpc) is 2.65. The molecular formula is C22H35N3O3. The number of ether oxygens (including phenoxy) is 1. The molecule has 1 N–H and O–H groups in total. The number of rotatable bonds is 6. The lowest BCUT2D eigenvalue weighted by molar-refractivity contribution is -0.122. The topological polar surface area (TPSA) is 61.9 Å². The first-order valence-corrected chi connectivity index (χ1v) is 10.2. The highest BCUT2D eigenvalue weighted by Gasteiger charge is 2.21. The molecule has 6 heteroatoms. The van der Waals surface area contributed by atoms with Crippen LogP contribution in [0.1, 0.15) is 58.4 Å². The van der Waals surface area contributed by atoms with Gasteiger partial charge in [0.1, 0.15) is 12.1 Å². The van der Waals surface area contributed by atoms with Crippen molar-refractivity contribution in [3.63, 3.8) is 0 Å². The molecule has 1 aliphatic carbocycles. The molecule has 0 atom stereocenters. The molecule has 1 aliphatic rings. The zero-order valence-electron chi connectivity index (χ0n) is 18.0. The second-order valence-electron chi connectivity index (χ2n) is 8.68. The van der Waals surface area contributed by atoms with Gasteiger partial charge in [0.05, 0.1) is 0 Å². The molecule has 6 nitrogen and oxygen atoms in total. The standard InChI is InChI=1S/C22H35N3O3/c1-22(2,3)28-21(27)24(4)16-20(26)23-15-17-11-13-19(14-12-17)25(5)18-9-7-6-8-10-18/h11-14,18H,6-10,15-16H2,1-5H3,(H,23,26). The molecule has 156 valence electrons. The number of nitrogens with one attached hydrogen (secondary N) is 1. The molecule has 2 amide bonds. The maximum atomic E-state index is 12.1. The van der Waals surface area contributed by atoms with Gasteiger partial charge in [0.15, 0.2) is 0 Å². The van der Waals surface area contributed by atoms with E-state index in [1.54, 1.807) is 27.8 Å². The quantitative estimate of drug-likeness (QED) is 0.800. The van der Waals surface area contributed by atoms with Crippen molar-refractivity contribution < 1.29 is 14.3 Å². The van der Waals surface area contributed by atoms with Crippen LogP contribution in [0.5, 0.6) is 0 Å². The van der Waals surface area contributed by atoms with Gasteiger partial charge in [0, 0.05) is 32.4 Å². The largest absolute Gasteiger partial charge is 0.444 e. The van der Waals surface area contributed by atoms with Gasteiger partial charge in [-0.05, 0) is 51.3 Å². The predicted octanol–water partition coefficient (Wildman–Crippen LogP) is 3.94. The van der Waals surface area contributed by atoms with Crippen LogP contribution in [0.2, 0.25) is 0 Å². The van der Waals surface area contributed by atoms with Crippen LogP contribution in [0.4, 0.5) is 10.5 Å². The predicted molar refractivity (Wildman–Crippen MR) is 112 cm³/mol. The van der Waals surface area contributed by atoms with Crippen LogP contribution in [0.25, 0.3) is 0 Å². The van der Waals surface area contributed by atoms with Crippen molar-refractivity contribution in [3.05, 3.63) is 29.8 Å². The Kier molecular flexibility index (Phi) is 7.72. The lowest BCUT2D eigenvalue weighted by atomic mass is 9.94. The van der Waals surface area contributed by atoms with Crippen LogP contribution in [-0.4, -0.2) is 49.2 Å². The molecule has 0 unspecified atom stereocenters. The SMILES string of the molecule is CN(CC(=O)NCc1ccc(N(C)C2CCCCC2)cc1)C(=O)OC(C)(C)C. The van der Waals surface area contributed by atoms with Crippen molar-refractivity contribution in [2.24, 2.45) is 0 Å². The molecule has 0 spiro atoms. The highest BCUT2D eigenvalue weighted by atomic mass is 16.6. The minimum atomic E-state index is -0.575. The molecule has 1 aromatic rings. The third-order valence-electron chi connectivity index (χ3n) is 5.04. The summed E-state index contributed by atoms with van der Waals surface area (Å²) in [7, 11) is 3.73. The van der Waals surface area contributed by atoms with E-state index in [1.165, 1.54) is 42.7 Å². The molecular weight excluding hydrogens is 354 g/mol. The monoisotopic (exact) mass is 389 g/mol. The molecule has 0 aromatic heterocycles. The maximum absolute atomic E-state index is 12.1. The molecule has 2 rings (SSSR count). The maximum Gasteiger partial charge on any atom is 0.410 e. The summed E-state index contributed by atoms with van der Waals surface area (Å²) in [6.07, 6.45) is 6.01. The van der Waals surface area contributed by atoms with E-state index in [1.807, 2.05) is 12.1 Å². The van der Waals surface area contributed by atoms with Gasteiger partial charge in [0.25, 0.3) is 0 Å². The summed E-state index contributed by atoms with van der Waals surface area (Å²) in [6, 6.07) is 8.95. The van der Waals surface area contributed by atoms with Crippen LogP contribution >= 0.6 is 0 Å². The molecule has 1 fully saturated rings. The Morgan fingerprint density at radius 3 is 2.25 bits per heavy atom. The minimum Gasteiger partial charge on any atom is -0.444 e. The van der Waals surface area contributed by atoms with E-state index in [0.29, 0.717) is 12.6 Å². The van der Waals surface area contributed by atoms with Crippen LogP contribution in [-0.2, 0) is 16.1 Å². The van der Waals surface area contributed by atoms with E-state index in [-0.39, 0.29) is 12.5 Å². The van der Waals surface area contributed by atoms with Crippen LogP contribution in [0, 0.1) is 0 Å². The number of amides is 2. The van der Waals surface area contributed by atoms with E-state index < -0.39 is 11.7 Å². The van der Waals surface area contributed by atoms with Gasteiger partial charge in [-0.2, -0.15) is 0 Å². The van der Waals surface area contributed by atoms with Crippen molar-refractivity contribution in [3.8, 4) is 0 Å². The molecule has 0 aliphatic heterocycles. The van der Waals surface area contributed by atoms with Crippen molar-refractivity contribution in [1.29, 1.82) is 0 Å². The molecule has 1 saturated carbocycles. The smallest absolute Gasteiger partial charge is 0.410 e.